The first-order chi connectivity index (χ1) is 10.1. The molecule has 0 aliphatic carbocycles. The minimum absolute atomic E-state index is 0.813. The van der Waals surface area contributed by atoms with Gasteiger partial charge in [0.2, 0.25) is 5.95 Å². The van der Waals surface area contributed by atoms with Gasteiger partial charge in [0, 0.05) is 25.2 Å². The maximum atomic E-state index is 4.73. The number of benzene rings is 1. The van der Waals surface area contributed by atoms with Crippen molar-refractivity contribution in [2.45, 2.75) is 27.2 Å². The van der Waals surface area contributed by atoms with E-state index in [9.17, 15) is 0 Å². The van der Waals surface area contributed by atoms with E-state index in [0.717, 1.165) is 44.4 Å². The molecule has 5 nitrogen and oxygen atoms in total. The number of nitrogens with one attached hydrogen (secondary N) is 2. The molecule has 112 valence electrons. The smallest absolute Gasteiger partial charge is 0.245 e. The van der Waals surface area contributed by atoms with E-state index >= 15 is 0 Å². The first-order valence-electron chi connectivity index (χ1n) is 7.61. The zero-order valence-electron chi connectivity index (χ0n) is 13.0. The van der Waals surface area contributed by atoms with Gasteiger partial charge in [-0.1, -0.05) is 17.7 Å². The Hall–Kier alpha value is -1.88. The third-order valence-corrected chi connectivity index (χ3v) is 4.01. The van der Waals surface area contributed by atoms with Gasteiger partial charge in [0.25, 0.3) is 0 Å². The zero-order valence-corrected chi connectivity index (χ0v) is 13.0. The number of anilines is 1. The number of H-pyrrole nitrogens is 1. The second-order valence-electron chi connectivity index (χ2n) is 5.85. The van der Waals surface area contributed by atoms with E-state index in [2.05, 4.69) is 53.3 Å². The molecule has 0 unspecified atom stereocenters. The molecular weight excluding hydrogens is 262 g/mol. The van der Waals surface area contributed by atoms with Crippen molar-refractivity contribution in [1.82, 2.24) is 20.5 Å². The number of hydrogen-bond acceptors (Lipinski definition) is 4. The number of aromatic nitrogens is 3. The SMILES string of the molecule is Cc1cc(C)c(-c2nc(N3CCCNCC3)n[nH]2)c(C)c1. The highest BCUT2D eigenvalue weighted by atomic mass is 15.4. The molecule has 0 amide bonds. The molecule has 5 heteroatoms. The average Bonchev–Trinajstić information content (AvgIpc) is 2.72. The minimum Gasteiger partial charge on any atom is -0.338 e. The van der Waals surface area contributed by atoms with Gasteiger partial charge in [-0.25, -0.2) is 0 Å². The quantitative estimate of drug-likeness (QED) is 0.888. The van der Waals surface area contributed by atoms with E-state index in [0.29, 0.717) is 0 Å². The minimum atomic E-state index is 0.813. The Morgan fingerprint density at radius 2 is 1.81 bits per heavy atom. The van der Waals surface area contributed by atoms with E-state index in [1.54, 1.807) is 0 Å². The highest BCUT2D eigenvalue weighted by Gasteiger charge is 2.16. The standard InChI is InChI=1S/C16H23N5/c1-11-9-12(2)14(13(3)10-11)15-18-16(20-19-15)21-7-4-5-17-6-8-21/h9-10,17H,4-8H2,1-3H3,(H,18,19,20). The van der Waals surface area contributed by atoms with Crippen molar-refractivity contribution in [1.29, 1.82) is 0 Å². The third-order valence-electron chi connectivity index (χ3n) is 4.01. The lowest BCUT2D eigenvalue weighted by Crippen LogP contribution is -2.28. The maximum Gasteiger partial charge on any atom is 0.245 e. The average molecular weight is 285 g/mol. The molecule has 1 fully saturated rings. The summed E-state index contributed by atoms with van der Waals surface area (Å²) in [6, 6.07) is 4.39. The van der Waals surface area contributed by atoms with Crippen LogP contribution >= 0.6 is 0 Å². The van der Waals surface area contributed by atoms with Crippen molar-refractivity contribution < 1.29 is 0 Å². The summed E-state index contributed by atoms with van der Waals surface area (Å²) in [7, 11) is 0. The lowest BCUT2D eigenvalue weighted by Gasteiger charge is -2.17. The number of nitrogens with zero attached hydrogens (tertiary/aromatic N) is 3. The molecule has 1 saturated heterocycles. The molecule has 21 heavy (non-hydrogen) atoms. The van der Waals surface area contributed by atoms with Gasteiger partial charge in [0.05, 0.1) is 0 Å². The fraction of sp³-hybridized carbons (Fsp3) is 0.500. The molecule has 2 N–H and O–H groups in total. The van der Waals surface area contributed by atoms with E-state index in [1.807, 2.05) is 0 Å². The van der Waals surface area contributed by atoms with Gasteiger partial charge in [0.1, 0.15) is 0 Å². The normalized spacial score (nSPS) is 16.0. The van der Waals surface area contributed by atoms with Gasteiger partial charge in [0.15, 0.2) is 5.82 Å². The largest absolute Gasteiger partial charge is 0.338 e. The second-order valence-corrected chi connectivity index (χ2v) is 5.85. The fourth-order valence-corrected chi connectivity index (χ4v) is 3.11. The summed E-state index contributed by atoms with van der Waals surface area (Å²) in [6.07, 6.45) is 1.13. The van der Waals surface area contributed by atoms with Gasteiger partial charge < -0.3 is 10.2 Å². The van der Waals surface area contributed by atoms with Crippen LogP contribution in [0, 0.1) is 20.8 Å². The van der Waals surface area contributed by atoms with Crippen molar-refractivity contribution in [3.63, 3.8) is 0 Å². The summed E-state index contributed by atoms with van der Waals surface area (Å²) >= 11 is 0. The molecule has 0 saturated carbocycles. The van der Waals surface area contributed by atoms with Crippen molar-refractivity contribution >= 4 is 5.95 Å². The van der Waals surface area contributed by atoms with E-state index in [4.69, 9.17) is 4.98 Å². The fourth-order valence-electron chi connectivity index (χ4n) is 3.11. The highest BCUT2D eigenvalue weighted by molar-refractivity contribution is 5.66. The summed E-state index contributed by atoms with van der Waals surface area (Å²) < 4.78 is 0. The molecule has 0 atom stereocenters. The second kappa shape index (κ2) is 5.85. The number of aryl methyl sites for hydroxylation is 3. The molecule has 0 radical (unpaired) electrons. The predicted octanol–water partition coefficient (Wildman–Crippen LogP) is 2.20. The van der Waals surface area contributed by atoms with Crippen molar-refractivity contribution in [3.05, 3.63) is 28.8 Å². The topological polar surface area (TPSA) is 56.8 Å². The van der Waals surface area contributed by atoms with Crippen molar-refractivity contribution in [2.75, 3.05) is 31.1 Å². The van der Waals surface area contributed by atoms with Gasteiger partial charge in [-0.15, -0.1) is 5.10 Å². The Bertz CT molecular complexity index is 600. The number of rotatable bonds is 2. The summed E-state index contributed by atoms with van der Waals surface area (Å²) in [4.78, 5) is 6.98. The summed E-state index contributed by atoms with van der Waals surface area (Å²) in [5.74, 6) is 1.69. The van der Waals surface area contributed by atoms with Crippen LogP contribution in [0.15, 0.2) is 12.1 Å². The molecule has 0 bridgehead atoms. The summed E-state index contributed by atoms with van der Waals surface area (Å²) in [6.45, 7) is 10.4. The van der Waals surface area contributed by atoms with Crippen LogP contribution < -0.4 is 10.2 Å². The van der Waals surface area contributed by atoms with Crippen LogP contribution in [0.5, 0.6) is 0 Å². The van der Waals surface area contributed by atoms with E-state index < -0.39 is 0 Å². The molecular formula is C16H23N5. The highest BCUT2D eigenvalue weighted by Crippen LogP contribution is 2.26. The van der Waals surface area contributed by atoms with Gasteiger partial charge >= 0.3 is 0 Å². The zero-order chi connectivity index (χ0) is 14.8. The van der Waals surface area contributed by atoms with Crippen molar-refractivity contribution in [2.24, 2.45) is 0 Å². The summed E-state index contributed by atoms with van der Waals surface area (Å²) in [5.41, 5.74) is 4.94. The molecule has 1 aromatic heterocycles. The van der Waals surface area contributed by atoms with Gasteiger partial charge in [-0.3, -0.25) is 5.10 Å². The number of hydrogen-bond donors (Lipinski definition) is 2. The predicted molar refractivity (Wildman–Crippen MR) is 85.7 cm³/mol. The van der Waals surface area contributed by atoms with Crippen molar-refractivity contribution in [3.8, 4) is 11.4 Å². The molecule has 2 aromatic rings. The summed E-state index contributed by atoms with van der Waals surface area (Å²) in [5, 5.41) is 10.9. The van der Waals surface area contributed by atoms with E-state index in [1.165, 1.54) is 22.3 Å². The van der Waals surface area contributed by atoms with Crippen LogP contribution in [0.1, 0.15) is 23.1 Å². The van der Waals surface area contributed by atoms with Gasteiger partial charge in [-0.2, -0.15) is 4.98 Å². The molecule has 3 rings (SSSR count). The number of aromatic amines is 1. The van der Waals surface area contributed by atoms with E-state index in [-0.39, 0.29) is 0 Å². The van der Waals surface area contributed by atoms with Crippen LogP contribution in [0.4, 0.5) is 5.95 Å². The van der Waals surface area contributed by atoms with Crippen LogP contribution in [-0.2, 0) is 0 Å². The Morgan fingerprint density at radius 3 is 2.57 bits per heavy atom. The lowest BCUT2D eigenvalue weighted by atomic mass is 9.99. The van der Waals surface area contributed by atoms with Crippen LogP contribution in [0.2, 0.25) is 0 Å². The Balaban J connectivity index is 1.91. The molecule has 1 aliphatic heterocycles. The van der Waals surface area contributed by atoms with Crippen LogP contribution in [0.3, 0.4) is 0 Å². The molecule has 0 spiro atoms. The Kier molecular flexibility index (Phi) is 3.92. The Morgan fingerprint density at radius 1 is 1.05 bits per heavy atom. The Labute approximate surface area is 125 Å². The molecule has 1 aromatic carbocycles. The molecule has 1 aliphatic rings. The van der Waals surface area contributed by atoms with Crippen LogP contribution in [-0.4, -0.2) is 41.4 Å². The maximum absolute atomic E-state index is 4.73. The monoisotopic (exact) mass is 285 g/mol. The van der Waals surface area contributed by atoms with Gasteiger partial charge in [-0.05, 0) is 44.9 Å². The lowest BCUT2D eigenvalue weighted by molar-refractivity contribution is 0.724. The first-order valence-corrected chi connectivity index (χ1v) is 7.61. The third kappa shape index (κ3) is 2.93. The first kappa shape index (κ1) is 14.1. The van der Waals surface area contributed by atoms with Crippen LogP contribution in [0.25, 0.3) is 11.4 Å². The molecule has 2 heterocycles.